The van der Waals surface area contributed by atoms with Gasteiger partial charge in [0, 0.05) is 17.5 Å². The second-order valence-corrected chi connectivity index (χ2v) is 8.26. The zero-order valence-corrected chi connectivity index (χ0v) is 17.2. The van der Waals surface area contributed by atoms with Gasteiger partial charge in [-0.15, -0.1) is 11.3 Å². The van der Waals surface area contributed by atoms with E-state index in [1.165, 1.54) is 11.3 Å². The van der Waals surface area contributed by atoms with Crippen molar-refractivity contribution < 1.29 is 9.53 Å². The van der Waals surface area contributed by atoms with Crippen molar-refractivity contribution in [3.63, 3.8) is 0 Å². The molecule has 0 saturated carbocycles. The van der Waals surface area contributed by atoms with Crippen molar-refractivity contribution >= 4 is 43.9 Å². The minimum Gasteiger partial charge on any atom is -0.487 e. The number of para-hydroxylation sites is 1. The highest BCUT2D eigenvalue weighted by atomic mass is 32.1. The highest BCUT2D eigenvalue weighted by Gasteiger charge is 2.20. The highest BCUT2D eigenvalue weighted by molar-refractivity contribution is 7.22. The zero-order chi connectivity index (χ0) is 19.5. The van der Waals surface area contributed by atoms with Crippen LogP contribution in [0.15, 0.2) is 53.9 Å². The number of anilines is 1. The second kappa shape index (κ2) is 8.08. The Bertz CT molecular complexity index is 1090. The minimum atomic E-state index is -0.0866. The molecule has 1 amide bonds. The van der Waals surface area contributed by atoms with E-state index in [0.717, 1.165) is 20.9 Å². The number of carbonyl (C=O) groups excluding carboxylic acids is 1. The molecule has 4 aromatic rings. The van der Waals surface area contributed by atoms with Gasteiger partial charge in [0.15, 0.2) is 5.13 Å². The van der Waals surface area contributed by atoms with Crippen molar-refractivity contribution in [1.29, 1.82) is 0 Å². The SMILES string of the molecule is CCN(C(=O)c1cccc(OCc2csc(C)n2)c1)c1nc2ccccc2s1. The molecule has 0 fully saturated rings. The first kappa shape index (κ1) is 18.6. The first-order valence-electron chi connectivity index (χ1n) is 8.95. The third-order valence-corrected chi connectivity index (χ3v) is 6.09. The van der Waals surface area contributed by atoms with Gasteiger partial charge in [-0.1, -0.05) is 29.5 Å². The van der Waals surface area contributed by atoms with Crippen LogP contribution in [-0.4, -0.2) is 22.4 Å². The molecule has 0 aliphatic rings. The number of thiazole rings is 2. The summed E-state index contributed by atoms with van der Waals surface area (Å²) in [5.41, 5.74) is 2.38. The molecule has 7 heteroatoms. The number of aromatic nitrogens is 2. The molecule has 0 radical (unpaired) electrons. The molecule has 0 spiro atoms. The van der Waals surface area contributed by atoms with Gasteiger partial charge in [-0.05, 0) is 44.2 Å². The molecule has 0 atom stereocenters. The fourth-order valence-corrected chi connectivity index (χ4v) is 4.47. The van der Waals surface area contributed by atoms with Gasteiger partial charge in [0.2, 0.25) is 0 Å². The van der Waals surface area contributed by atoms with Crippen LogP contribution in [0.1, 0.15) is 28.0 Å². The number of hydrogen-bond acceptors (Lipinski definition) is 6. The number of ether oxygens (including phenoxy) is 1. The second-order valence-electron chi connectivity index (χ2n) is 6.19. The van der Waals surface area contributed by atoms with E-state index in [1.54, 1.807) is 28.4 Å². The van der Waals surface area contributed by atoms with E-state index in [4.69, 9.17) is 4.74 Å². The Morgan fingerprint density at radius 3 is 2.75 bits per heavy atom. The monoisotopic (exact) mass is 409 g/mol. The first-order chi connectivity index (χ1) is 13.6. The lowest BCUT2D eigenvalue weighted by Crippen LogP contribution is -2.30. The average Bonchev–Trinajstić information content (AvgIpc) is 3.33. The number of nitrogens with zero attached hydrogens (tertiary/aromatic N) is 3. The van der Waals surface area contributed by atoms with Crippen molar-refractivity contribution in [2.24, 2.45) is 0 Å². The Morgan fingerprint density at radius 1 is 1.14 bits per heavy atom. The summed E-state index contributed by atoms with van der Waals surface area (Å²) in [4.78, 5) is 23.8. The maximum absolute atomic E-state index is 13.1. The van der Waals surface area contributed by atoms with Crippen LogP contribution in [0.3, 0.4) is 0 Å². The van der Waals surface area contributed by atoms with Crippen molar-refractivity contribution in [2.75, 3.05) is 11.4 Å². The van der Waals surface area contributed by atoms with E-state index < -0.39 is 0 Å². The topological polar surface area (TPSA) is 55.3 Å². The van der Waals surface area contributed by atoms with Gasteiger partial charge in [-0.2, -0.15) is 0 Å². The molecule has 0 aliphatic carbocycles. The third-order valence-electron chi connectivity index (χ3n) is 4.21. The lowest BCUT2D eigenvalue weighted by molar-refractivity contribution is 0.0988. The van der Waals surface area contributed by atoms with E-state index in [9.17, 15) is 4.79 Å². The number of carbonyl (C=O) groups is 1. The fourth-order valence-electron chi connectivity index (χ4n) is 2.85. The summed E-state index contributed by atoms with van der Waals surface area (Å²) in [7, 11) is 0. The molecule has 0 aliphatic heterocycles. The number of aryl methyl sites for hydroxylation is 1. The number of fused-ring (bicyclic) bond motifs is 1. The van der Waals surface area contributed by atoms with E-state index in [1.807, 2.05) is 55.6 Å². The summed E-state index contributed by atoms with van der Waals surface area (Å²) in [6.07, 6.45) is 0. The highest BCUT2D eigenvalue weighted by Crippen LogP contribution is 2.29. The van der Waals surface area contributed by atoms with Gasteiger partial charge in [0.1, 0.15) is 12.4 Å². The van der Waals surface area contributed by atoms with E-state index in [-0.39, 0.29) is 5.91 Å². The van der Waals surface area contributed by atoms with Crippen molar-refractivity contribution in [3.05, 3.63) is 70.2 Å². The number of benzene rings is 2. The van der Waals surface area contributed by atoms with Crippen LogP contribution >= 0.6 is 22.7 Å². The Labute approximate surface area is 171 Å². The number of hydrogen-bond donors (Lipinski definition) is 0. The summed E-state index contributed by atoms with van der Waals surface area (Å²) < 4.78 is 6.89. The zero-order valence-electron chi connectivity index (χ0n) is 15.6. The van der Waals surface area contributed by atoms with Gasteiger partial charge in [-0.3, -0.25) is 9.69 Å². The maximum atomic E-state index is 13.1. The standard InChI is InChI=1S/C21H19N3O2S2/c1-3-24(21-23-18-9-4-5-10-19(18)28-21)20(25)15-7-6-8-17(11-15)26-12-16-13-27-14(2)22-16/h4-11,13H,3,12H2,1-2H3. The summed E-state index contributed by atoms with van der Waals surface area (Å²) in [5, 5.41) is 3.70. The summed E-state index contributed by atoms with van der Waals surface area (Å²) in [6.45, 7) is 4.85. The molecule has 5 nitrogen and oxygen atoms in total. The molecule has 2 aromatic heterocycles. The van der Waals surface area contributed by atoms with Gasteiger partial charge in [0.05, 0.1) is 20.9 Å². The molecule has 28 heavy (non-hydrogen) atoms. The van der Waals surface area contributed by atoms with E-state index >= 15 is 0 Å². The molecule has 0 unspecified atom stereocenters. The summed E-state index contributed by atoms with van der Waals surface area (Å²) in [5.74, 6) is 0.563. The molecule has 0 bridgehead atoms. The molecule has 2 aromatic carbocycles. The molecule has 4 rings (SSSR count). The van der Waals surface area contributed by atoms with E-state index in [0.29, 0.717) is 29.6 Å². The smallest absolute Gasteiger partial charge is 0.260 e. The van der Waals surface area contributed by atoms with Crippen LogP contribution < -0.4 is 9.64 Å². The van der Waals surface area contributed by atoms with Crippen LogP contribution in [0.4, 0.5) is 5.13 Å². The van der Waals surface area contributed by atoms with Crippen molar-refractivity contribution in [1.82, 2.24) is 9.97 Å². The predicted octanol–water partition coefficient (Wildman–Crippen LogP) is 5.31. The van der Waals surface area contributed by atoms with Crippen LogP contribution in [0.2, 0.25) is 0 Å². The Balaban J connectivity index is 1.54. The van der Waals surface area contributed by atoms with Crippen LogP contribution in [-0.2, 0) is 6.61 Å². The van der Waals surface area contributed by atoms with Gasteiger partial charge in [0.25, 0.3) is 5.91 Å². The van der Waals surface area contributed by atoms with Gasteiger partial charge < -0.3 is 4.74 Å². The predicted molar refractivity (Wildman–Crippen MR) is 115 cm³/mol. The van der Waals surface area contributed by atoms with Crippen LogP contribution in [0.5, 0.6) is 5.75 Å². The largest absolute Gasteiger partial charge is 0.487 e. The Kier molecular flexibility index (Phi) is 5.36. The molecule has 0 N–H and O–H groups in total. The molecule has 2 heterocycles. The molecular weight excluding hydrogens is 390 g/mol. The number of amides is 1. The molecule has 142 valence electrons. The lowest BCUT2D eigenvalue weighted by Gasteiger charge is -2.18. The quantitative estimate of drug-likeness (QED) is 0.433. The third kappa shape index (κ3) is 3.90. The Morgan fingerprint density at radius 2 is 2.00 bits per heavy atom. The Hall–Kier alpha value is -2.77. The summed E-state index contributed by atoms with van der Waals surface area (Å²) >= 11 is 3.12. The summed E-state index contributed by atoms with van der Waals surface area (Å²) in [6, 6.07) is 15.2. The molecular formula is C21H19N3O2S2. The normalized spacial score (nSPS) is 10.9. The van der Waals surface area contributed by atoms with Crippen LogP contribution in [0.25, 0.3) is 10.2 Å². The number of rotatable bonds is 6. The molecule has 0 saturated heterocycles. The first-order valence-corrected chi connectivity index (χ1v) is 10.6. The van der Waals surface area contributed by atoms with Crippen molar-refractivity contribution in [2.45, 2.75) is 20.5 Å². The van der Waals surface area contributed by atoms with E-state index in [2.05, 4.69) is 9.97 Å². The van der Waals surface area contributed by atoms with Crippen molar-refractivity contribution in [3.8, 4) is 5.75 Å². The fraction of sp³-hybridized carbons (Fsp3) is 0.190. The average molecular weight is 410 g/mol. The van der Waals surface area contributed by atoms with Gasteiger partial charge in [-0.25, -0.2) is 9.97 Å². The van der Waals surface area contributed by atoms with Crippen LogP contribution in [0, 0.1) is 6.92 Å². The minimum absolute atomic E-state index is 0.0866. The maximum Gasteiger partial charge on any atom is 0.260 e. The lowest BCUT2D eigenvalue weighted by atomic mass is 10.2. The van der Waals surface area contributed by atoms with Gasteiger partial charge >= 0.3 is 0 Å².